The molecular formula is C31H35N5O2S. The van der Waals surface area contributed by atoms with Gasteiger partial charge >= 0.3 is 0 Å². The van der Waals surface area contributed by atoms with Crippen molar-refractivity contribution in [1.82, 2.24) is 5.32 Å². The van der Waals surface area contributed by atoms with Gasteiger partial charge in [-0.25, -0.2) is 18.5 Å². The molecule has 39 heavy (non-hydrogen) atoms. The Morgan fingerprint density at radius 2 is 1.28 bits per heavy atom. The van der Waals surface area contributed by atoms with Crippen LogP contribution < -0.4 is 10.5 Å². The molecule has 3 aromatic carbocycles. The van der Waals surface area contributed by atoms with E-state index in [1.54, 1.807) is 0 Å². The minimum Gasteiger partial charge on any atom is -0.317 e. The third kappa shape index (κ3) is 5.46. The van der Waals surface area contributed by atoms with Crippen molar-refractivity contribution >= 4 is 15.9 Å². The van der Waals surface area contributed by atoms with Crippen LogP contribution in [0.2, 0.25) is 0 Å². The summed E-state index contributed by atoms with van der Waals surface area (Å²) in [7, 11) is -4.13. The monoisotopic (exact) mass is 541 g/mol. The highest BCUT2D eigenvalue weighted by Gasteiger charge is 2.28. The number of sulfonamides is 1. The Balaban J connectivity index is 1.44. The Morgan fingerprint density at radius 1 is 0.718 bits per heavy atom. The Labute approximate surface area is 230 Å². The van der Waals surface area contributed by atoms with Crippen LogP contribution in [-0.4, -0.2) is 34.0 Å². The first-order chi connectivity index (χ1) is 19.0. The largest absolute Gasteiger partial charge is 0.317 e. The molecule has 0 unspecified atom stereocenters. The second-order valence-electron chi connectivity index (χ2n) is 10.9. The van der Waals surface area contributed by atoms with Crippen molar-refractivity contribution < 1.29 is 8.42 Å². The number of azo groups is 1. The van der Waals surface area contributed by atoms with Crippen molar-refractivity contribution in [2.45, 2.75) is 61.7 Å². The van der Waals surface area contributed by atoms with Crippen molar-refractivity contribution in [2.75, 3.05) is 19.8 Å². The van der Waals surface area contributed by atoms with Gasteiger partial charge in [0.25, 0.3) is 0 Å². The Hall–Kier alpha value is -3.20. The van der Waals surface area contributed by atoms with Crippen LogP contribution in [0.25, 0.3) is 22.3 Å². The summed E-state index contributed by atoms with van der Waals surface area (Å²) in [6.07, 6.45) is 8.50. The van der Waals surface area contributed by atoms with Crippen LogP contribution in [0.3, 0.4) is 0 Å². The van der Waals surface area contributed by atoms with E-state index in [1.165, 1.54) is 43.2 Å². The van der Waals surface area contributed by atoms with Gasteiger partial charge in [-0.1, -0.05) is 79.9 Å². The first-order valence-electron chi connectivity index (χ1n) is 14.0. The van der Waals surface area contributed by atoms with Crippen LogP contribution in [0.1, 0.15) is 73.5 Å². The van der Waals surface area contributed by atoms with Gasteiger partial charge < -0.3 is 5.32 Å². The number of nitrogens with one attached hydrogen (secondary N) is 1. The molecule has 1 aliphatic carbocycles. The molecule has 6 rings (SSSR count). The van der Waals surface area contributed by atoms with Crippen molar-refractivity contribution in [1.29, 1.82) is 0 Å². The van der Waals surface area contributed by atoms with Crippen LogP contribution in [0, 0.1) is 0 Å². The Bertz CT molecular complexity index is 1500. The molecule has 0 aromatic heterocycles. The zero-order valence-electron chi connectivity index (χ0n) is 22.1. The summed E-state index contributed by atoms with van der Waals surface area (Å²) in [5, 5.41) is 17.6. The summed E-state index contributed by atoms with van der Waals surface area (Å²) in [4.78, 5) is 4.47. The summed E-state index contributed by atoms with van der Waals surface area (Å²) in [5.74, 6) is 1.41. The summed E-state index contributed by atoms with van der Waals surface area (Å²) >= 11 is 0. The number of nitrogens with zero attached hydrogens (tertiary/aromatic N) is 3. The normalized spacial score (nSPS) is 18.8. The van der Waals surface area contributed by atoms with E-state index >= 15 is 0 Å². The maximum atomic E-state index is 13.2. The molecule has 3 N–H and O–H groups in total. The van der Waals surface area contributed by atoms with Crippen molar-refractivity contribution in [3.05, 3.63) is 77.4 Å². The predicted octanol–water partition coefficient (Wildman–Crippen LogP) is 6.35. The van der Waals surface area contributed by atoms with Gasteiger partial charge in [0.1, 0.15) is 4.90 Å². The lowest BCUT2D eigenvalue weighted by Crippen LogP contribution is -2.26. The third-order valence-electron chi connectivity index (χ3n) is 8.45. The van der Waals surface area contributed by atoms with Gasteiger partial charge in [0.15, 0.2) is 12.5 Å². The minimum absolute atomic E-state index is 0.0486. The predicted molar refractivity (Wildman–Crippen MR) is 156 cm³/mol. The zero-order valence-corrected chi connectivity index (χ0v) is 23.0. The molecule has 2 fully saturated rings. The molecule has 0 atom stereocenters. The van der Waals surface area contributed by atoms with E-state index in [0.717, 1.165) is 42.6 Å². The smallest absolute Gasteiger partial charge is 0.239 e. The molecule has 1 saturated heterocycles. The molecule has 0 spiro atoms. The molecule has 8 heteroatoms. The fraction of sp³-hybridized carbons (Fsp3) is 0.387. The van der Waals surface area contributed by atoms with E-state index in [1.807, 2.05) is 24.3 Å². The first-order valence-corrected chi connectivity index (χ1v) is 15.6. The van der Waals surface area contributed by atoms with Crippen molar-refractivity contribution in [2.24, 2.45) is 20.4 Å². The maximum Gasteiger partial charge on any atom is 0.239 e. The van der Waals surface area contributed by atoms with Gasteiger partial charge in [0.05, 0.1) is 0 Å². The highest BCUT2D eigenvalue weighted by molar-refractivity contribution is 7.89. The Morgan fingerprint density at radius 3 is 1.85 bits per heavy atom. The van der Waals surface area contributed by atoms with Gasteiger partial charge in [-0.2, -0.15) is 5.11 Å². The molecule has 0 radical (unpaired) electrons. The van der Waals surface area contributed by atoms with Gasteiger partial charge in [-0.05, 0) is 78.4 Å². The summed E-state index contributed by atoms with van der Waals surface area (Å²) in [5.41, 5.74) is 6.04. The maximum absolute atomic E-state index is 13.2. The fourth-order valence-electron chi connectivity index (χ4n) is 6.39. The molecule has 2 aliphatic heterocycles. The number of primary sulfonamides is 1. The summed E-state index contributed by atoms with van der Waals surface area (Å²) in [6.45, 7) is 2.23. The van der Waals surface area contributed by atoms with E-state index < -0.39 is 10.0 Å². The number of rotatable bonds is 6. The SMILES string of the molecule is NS(=O)(=O)c1c(-c2ccc(C3CCCCC3)cc2)ccc(-c2ccc(C3CCNCC3)cc2)c1C1=NCN=N1. The number of nitrogens with two attached hydrogens (primary N) is 1. The van der Waals surface area contributed by atoms with E-state index in [9.17, 15) is 8.42 Å². The highest BCUT2D eigenvalue weighted by atomic mass is 32.2. The van der Waals surface area contributed by atoms with Crippen molar-refractivity contribution in [3.63, 3.8) is 0 Å². The number of hydrogen-bond acceptors (Lipinski definition) is 6. The molecule has 3 aliphatic rings. The lowest BCUT2D eigenvalue weighted by molar-refractivity contribution is 0.443. The highest BCUT2D eigenvalue weighted by Crippen LogP contribution is 2.39. The van der Waals surface area contributed by atoms with Gasteiger partial charge in [-0.3, -0.25) is 0 Å². The first kappa shape index (κ1) is 26.0. The summed E-state index contributed by atoms with van der Waals surface area (Å²) < 4.78 is 26.4. The van der Waals surface area contributed by atoms with E-state index in [2.05, 4.69) is 56.9 Å². The second kappa shape index (κ2) is 11.1. The number of amidine groups is 1. The quantitative estimate of drug-likeness (QED) is 0.379. The third-order valence-corrected chi connectivity index (χ3v) is 9.44. The number of aliphatic imine (C=N–C) groups is 1. The second-order valence-corrected chi connectivity index (χ2v) is 12.4. The van der Waals surface area contributed by atoms with Crippen LogP contribution in [0.5, 0.6) is 0 Å². The molecule has 0 bridgehead atoms. The van der Waals surface area contributed by atoms with E-state index in [-0.39, 0.29) is 11.6 Å². The summed E-state index contributed by atoms with van der Waals surface area (Å²) in [6, 6.07) is 20.6. The topological polar surface area (TPSA) is 109 Å². The zero-order chi connectivity index (χ0) is 26.8. The van der Waals surface area contributed by atoms with Crippen molar-refractivity contribution in [3.8, 4) is 22.3 Å². The molecule has 3 aromatic rings. The molecular weight excluding hydrogens is 506 g/mol. The molecule has 202 valence electrons. The van der Waals surface area contributed by atoms with E-state index in [4.69, 9.17) is 5.14 Å². The fourth-order valence-corrected chi connectivity index (χ4v) is 7.36. The average Bonchev–Trinajstić information content (AvgIpc) is 3.52. The van der Waals surface area contributed by atoms with Crippen LogP contribution in [0.15, 0.2) is 80.8 Å². The lowest BCUT2D eigenvalue weighted by atomic mass is 9.83. The van der Waals surface area contributed by atoms with Crippen LogP contribution >= 0.6 is 0 Å². The van der Waals surface area contributed by atoms with E-state index in [0.29, 0.717) is 28.8 Å². The number of benzene rings is 3. The van der Waals surface area contributed by atoms with Gasteiger partial charge in [-0.15, -0.1) is 5.11 Å². The Kier molecular flexibility index (Phi) is 7.42. The van der Waals surface area contributed by atoms with Crippen LogP contribution in [0.4, 0.5) is 0 Å². The van der Waals surface area contributed by atoms with Gasteiger partial charge in [0, 0.05) is 11.1 Å². The molecule has 1 saturated carbocycles. The van der Waals surface area contributed by atoms with Crippen LogP contribution in [-0.2, 0) is 10.0 Å². The number of piperidine rings is 1. The average molecular weight is 542 g/mol. The van der Waals surface area contributed by atoms with Gasteiger partial charge in [0.2, 0.25) is 10.0 Å². The number of hydrogen-bond donors (Lipinski definition) is 2. The molecule has 2 heterocycles. The molecule has 0 amide bonds. The standard InChI is InChI=1S/C31H35N5O2S/c32-39(37,38)30-28(26-12-8-22(9-13-26)21-4-2-1-3-5-21)15-14-27(29(30)31-34-20-35-36-31)25-10-6-23(7-11-25)24-16-18-33-19-17-24/h6-15,21,24,33H,1-5,16-20H2,(H2,32,37,38). The lowest BCUT2D eigenvalue weighted by Gasteiger charge is -2.23. The molecule has 7 nitrogen and oxygen atoms in total. The minimum atomic E-state index is -4.13.